The Labute approximate surface area is 159 Å². The molecule has 6 nitrogen and oxygen atoms in total. The SMILES string of the molecule is Cc1cc(C)n(-c2ccc(Cl)c(C(=O)OCc3cc(C#N)ccc3F)n2)n1. The third kappa shape index (κ3) is 3.96. The smallest absolute Gasteiger partial charge is 0.358 e. The van der Waals surface area contributed by atoms with Crippen LogP contribution in [0.15, 0.2) is 36.4 Å². The van der Waals surface area contributed by atoms with E-state index < -0.39 is 11.8 Å². The van der Waals surface area contributed by atoms with Gasteiger partial charge in [-0.15, -0.1) is 0 Å². The molecule has 0 radical (unpaired) electrons. The molecular formula is C19H14ClFN4O2. The molecule has 136 valence electrons. The summed E-state index contributed by atoms with van der Waals surface area (Å²) in [4.78, 5) is 16.6. The first-order valence-electron chi connectivity index (χ1n) is 7.95. The van der Waals surface area contributed by atoms with Crippen LogP contribution in [0.5, 0.6) is 0 Å². The van der Waals surface area contributed by atoms with Crippen LogP contribution in [-0.4, -0.2) is 20.7 Å². The van der Waals surface area contributed by atoms with Crippen molar-refractivity contribution < 1.29 is 13.9 Å². The number of carbonyl (C=O) groups excluding carboxylic acids is 1. The highest BCUT2D eigenvalue weighted by atomic mass is 35.5. The van der Waals surface area contributed by atoms with Crippen molar-refractivity contribution in [2.24, 2.45) is 0 Å². The fraction of sp³-hybridized carbons (Fsp3) is 0.158. The molecule has 8 heteroatoms. The van der Waals surface area contributed by atoms with Gasteiger partial charge in [-0.05, 0) is 50.2 Å². The van der Waals surface area contributed by atoms with Crippen LogP contribution in [0.25, 0.3) is 5.82 Å². The van der Waals surface area contributed by atoms with Crippen molar-refractivity contribution >= 4 is 17.6 Å². The first kappa shape index (κ1) is 18.5. The molecule has 0 fully saturated rings. The van der Waals surface area contributed by atoms with Crippen molar-refractivity contribution in [2.75, 3.05) is 0 Å². The zero-order valence-corrected chi connectivity index (χ0v) is 15.3. The minimum Gasteiger partial charge on any atom is -0.456 e. The monoisotopic (exact) mass is 384 g/mol. The fourth-order valence-corrected chi connectivity index (χ4v) is 2.70. The average Bonchev–Trinajstić information content (AvgIpc) is 2.99. The first-order chi connectivity index (χ1) is 12.9. The molecule has 0 aliphatic heterocycles. The van der Waals surface area contributed by atoms with E-state index in [1.54, 1.807) is 10.7 Å². The molecule has 27 heavy (non-hydrogen) atoms. The van der Waals surface area contributed by atoms with Crippen LogP contribution in [0.2, 0.25) is 5.02 Å². The fourth-order valence-electron chi connectivity index (χ4n) is 2.52. The molecule has 0 atom stereocenters. The quantitative estimate of drug-likeness (QED) is 0.637. The molecule has 0 aliphatic carbocycles. The number of nitriles is 1. The molecule has 2 aromatic heterocycles. The lowest BCUT2D eigenvalue weighted by Gasteiger charge is -2.09. The van der Waals surface area contributed by atoms with E-state index in [2.05, 4.69) is 10.1 Å². The summed E-state index contributed by atoms with van der Waals surface area (Å²) >= 11 is 6.07. The normalized spacial score (nSPS) is 10.5. The highest BCUT2D eigenvalue weighted by Gasteiger charge is 2.17. The molecule has 1 aromatic carbocycles. The lowest BCUT2D eigenvalue weighted by molar-refractivity contribution is 0.0462. The first-order valence-corrected chi connectivity index (χ1v) is 8.32. The molecule has 0 aliphatic rings. The number of aryl methyl sites for hydroxylation is 2. The molecule has 0 unspecified atom stereocenters. The zero-order chi connectivity index (χ0) is 19.6. The Kier molecular flexibility index (Phi) is 5.19. The summed E-state index contributed by atoms with van der Waals surface area (Å²) in [5.41, 5.74) is 1.91. The minimum absolute atomic E-state index is 0.0909. The maximum Gasteiger partial charge on any atom is 0.358 e. The summed E-state index contributed by atoms with van der Waals surface area (Å²) in [6.45, 7) is 3.36. The maximum atomic E-state index is 13.8. The number of aromatic nitrogens is 3. The molecule has 0 bridgehead atoms. The van der Waals surface area contributed by atoms with Gasteiger partial charge in [0.15, 0.2) is 11.5 Å². The van der Waals surface area contributed by atoms with E-state index in [-0.39, 0.29) is 28.5 Å². The average molecular weight is 385 g/mol. The van der Waals surface area contributed by atoms with Crippen LogP contribution < -0.4 is 0 Å². The predicted molar refractivity (Wildman–Crippen MR) is 96.1 cm³/mol. The van der Waals surface area contributed by atoms with Crippen LogP contribution >= 0.6 is 11.6 Å². The summed E-state index contributed by atoms with van der Waals surface area (Å²) in [6.07, 6.45) is 0. The summed E-state index contributed by atoms with van der Waals surface area (Å²) < 4.78 is 20.5. The number of rotatable bonds is 4. The summed E-state index contributed by atoms with van der Waals surface area (Å²) in [5, 5.41) is 13.3. The molecule has 3 rings (SSSR count). The van der Waals surface area contributed by atoms with Gasteiger partial charge >= 0.3 is 5.97 Å². The van der Waals surface area contributed by atoms with Crippen LogP contribution in [0.4, 0.5) is 4.39 Å². The number of nitrogens with zero attached hydrogens (tertiary/aromatic N) is 4. The Morgan fingerprint density at radius 2 is 2.07 bits per heavy atom. The van der Waals surface area contributed by atoms with Crippen molar-refractivity contribution in [3.05, 3.63) is 75.4 Å². The van der Waals surface area contributed by atoms with Crippen molar-refractivity contribution in [1.29, 1.82) is 5.26 Å². The largest absolute Gasteiger partial charge is 0.456 e. The van der Waals surface area contributed by atoms with Gasteiger partial charge in [-0.3, -0.25) is 0 Å². The maximum absolute atomic E-state index is 13.8. The molecular weight excluding hydrogens is 371 g/mol. The van der Waals surface area contributed by atoms with E-state index in [1.165, 1.54) is 18.2 Å². The molecule has 2 heterocycles. The van der Waals surface area contributed by atoms with Crippen molar-refractivity contribution in [3.8, 4) is 11.9 Å². The number of benzene rings is 1. The van der Waals surface area contributed by atoms with Gasteiger partial charge in [0, 0.05) is 11.3 Å². The number of carbonyl (C=O) groups is 1. The van der Waals surface area contributed by atoms with E-state index in [0.29, 0.717) is 5.82 Å². The Morgan fingerprint density at radius 3 is 2.74 bits per heavy atom. The minimum atomic E-state index is -0.801. The van der Waals surface area contributed by atoms with E-state index >= 15 is 0 Å². The van der Waals surface area contributed by atoms with Gasteiger partial charge in [-0.1, -0.05) is 11.6 Å². The van der Waals surface area contributed by atoms with Crippen LogP contribution in [0.3, 0.4) is 0 Å². The Bertz CT molecular complexity index is 1070. The summed E-state index contributed by atoms with van der Waals surface area (Å²) in [5.74, 6) is -0.961. The number of esters is 1. The van der Waals surface area contributed by atoms with Gasteiger partial charge in [0.05, 0.1) is 22.3 Å². The molecule has 0 amide bonds. The third-order valence-corrected chi connectivity index (χ3v) is 4.09. The second-order valence-electron chi connectivity index (χ2n) is 5.83. The number of hydrogen-bond donors (Lipinski definition) is 0. The highest BCUT2D eigenvalue weighted by Crippen LogP contribution is 2.20. The molecule has 0 spiro atoms. The standard InChI is InChI=1S/C19H14ClFN4O2/c1-11-7-12(2)25(24-11)17-6-4-15(20)18(23-17)19(26)27-10-14-8-13(9-22)3-5-16(14)21/h3-8H,10H2,1-2H3. The Hall–Kier alpha value is -3.24. The van der Waals surface area contributed by atoms with Crippen molar-refractivity contribution in [1.82, 2.24) is 14.8 Å². The van der Waals surface area contributed by atoms with E-state index in [1.807, 2.05) is 26.0 Å². The Morgan fingerprint density at radius 1 is 1.30 bits per heavy atom. The van der Waals surface area contributed by atoms with Crippen molar-refractivity contribution in [3.63, 3.8) is 0 Å². The highest BCUT2D eigenvalue weighted by molar-refractivity contribution is 6.33. The summed E-state index contributed by atoms with van der Waals surface area (Å²) in [6, 6.07) is 10.8. The number of halogens is 2. The van der Waals surface area contributed by atoms with Crippen LogP contribution in [0.1, 0.15) is 33.0 Å². The second-order valence-corrected chi connectivity index (χ2v) is 6.24. The molecule has 0 saturated carbocycles. The van der Waals surface area contributed by atoms with Crippen LogP contribution in [0, 0.1) is 31.0 Å². The molecule has 0 saturated heterocycles. The van der Waals surface area contributed by atoms with Gasteiger partial charge in [0.25, 0.3) is 0 Å². The zero-order valence-electron chi connectivity index (χ0n) is 14.5. The lowest BCUT2D eigenvalue weighted by Crippen LogP contribution is -2.12. The van der Waals surface area contributed by atoms with Gasteiger partial charge in [-0.2, -0.15) is 10.4 Å². The van der Waals surface area contributed by atoms with Gasteiger partial charge in [0.1, 0.15) is 12.4 Å². The Balaban J connectivity index is 1.84. The number of pyridine rings is 1. The topological polar surface area (TPSA) is 80.8 Å². The number of hydrogen-bond acceptors (Lipinski definition) is 5. The van der Waals surface area contributed by atoms with Gasteiger partial charge in [-0.25, -0.2) is 18.9 Å². The van der Waals surface area contributed by atoms with E-state index in [0.717, 1.165) is 17.5 Å². The molecule has 3 aromatic rings. The van der Waals surface area contributed by atoms with Gasteiger partial charge < -0.3 is 4.74 Å². The van der Waals surface area contributed by atoms with Crippen LogP contribution in [-0.2, 0) is 11.3 Å². The van der Waals surface area contributed by atoms with E-state index in [9.17, 15) is 9.18 Å². The second kappa shape index (κ2) is 7.56. The van der Waals surface area contributed by atoms with Gasteiger partial charge in [0.2, 0.25) is 0 Å². The third-order valence-electron chi connectivity index (χ3n) is 3.78. The predicted octanol–water partition coefficient (Wildman–Crippen LogP) is 3.91. The lowest BCUT2D eigenvalue weighted by atomic mass is 10.1. The number of ether oxygens (including phenoxy) is 1. The molecule has 0 N–H and O–H groups in total. The summed E-state index contributed by atoms with van der Waals surface area (Å²) in [7, 11) is 0. The van der Waals surface area contributed by atoms with Crippen molar-refractivity contribution in [2.45, 2.75) is 20.5 Å². The van der Waals surface area contributed by atoms with E-state index in [4.69, 9.17) is 21.6 Å².